The van der Waals surface area contributed by atoms with Crippen LogP contribution in [0.5, 0.6) is 5.88 Å². The van der Waals surface area contributed by atoms with Crippen molar-refractivity contribution in [2.45, 2.75) is 18.9 Å². The van der Waals surface area contributed by atoms with Gasteiger partial charge in [-0.1, -0.05) is 0 Å². The average Bonchev–Trinajstić information content (AvgIpc) is 3.10. The molecule has 0 atom stereocenters. The second kappa shape index (κ2) is 4.66. The molecule has 1 aliphatic carbocycles. The maximum Gasteiger partial charge on any atom is 0.218 e. The number of halogens is 1. The van der Waals surface area contributed by atoms with Crippen LogP contribution in [0.3, 0.4) is 0 Å². The molecule has 0 radical (unpaired) electrons. The van der Waals surface area contributed by atoms with Gasteiger partial charge in [-0.25, -0.2) is 9.97 Å². The highest BCUT2D eigenvalue weighted by molar-refractivity contribution is 6.18. The average molecular weight is 228 g/mol. The molecule has 82 valence electrons. The highest BCUT2D eigenvalue weighted by Crippen LogP contribution is 2.31. The highest BCUT2D eigenvalue weighted by Gasteiger charge is 2.29. The largest absolute Gasteiger partial charge is 0.481 e. The summed E-state index contributed by atoms with van der Waals surface area (Å²) in [6.07, 6.45) is 3.98. The van der Waals surface area contributed by atoms with Gasteiger partial charge < -0.3 is 9.64 Å². The molecule has 1 aromatic heterocycles. The SMILES string of the molecule is COc1cc(N(CCCl)C2CC2)ncn1. The van der Waals surface area contributed by atoms with Gasteiger partial charge in [-0.05, 0) is 12.8 Å². The Morgan fingerprint density at radius 1 is 1.53 bits per heavy atom. The summed E-state index contributed by atoms with van der Waals surface area (Å²) in [7, 11) is 1.61. The van der Waals surface area contributed by atoms with E-state index in [1.54, 1.807) is 7.11 Å². The van der Waals surface area contributed by atoms with Gasteiger partial charge in [0, 0.05) is 24.5 Å². The maximum atomic E-state index is 5.78. The zero-order valence-corrected chi connectivity index (χ0v) is 9.44. The molecule has 4 nitrogen and oxygen atoms in total. The van der Waals surface area contributed by atoms with Gasteiger partial charge in [-0.15, -0.1) is 11.6 Å². The Kier molecular flexibility index (Phi) is 3.26. The quantitative estimate of drug-likeness (QED) is 0.718. The molecule has 1 saturated carbocycles. The van der Waals surface area contributed by atoms with Gasteiger partial charge in [-0.3, -0.25) is 0 Å². The third-order valence-corrected chi connectivity index (χ3v) is 2.61. The molecular formula is C10H14ClN3O. The van der Waals surface area contributed by atoms with Crippen LogP contribution in [0.15, 0.2) is 12.4 Å². The second-order valence-corrected chi connectivity index (χ2v) is 3.91. The van der Waals surface area contributed by atoms with Crippen LogP contribution in [-0.2, 0) is 0 Å². The van der Waals surface area contributed by atoms with Crippen LogP contribution in [0.2, 0.25) is 0 Å². The molecule has 2 rings (SSSR count). The number of aromatic nitrogens is 2. The smallest absolute Gasteiger partial charge is 0.218 e. The normalized spacial score (nSPS) is 15.1. The van der Waals surface area contributed by atoms with Gasteiger partial charge in [0.05, 0.1) is 7.11 Å². The molecule has 0 aromatic carbocycles. The number of alkyl halides is 1. The van der Waals surface area contributed by atoms with E-state index >= 15 is 0 Å². The summed E-state index contributed by atoms with van der Waals surface area (Å²) in [6.45, 7) is 0.826. The highest BCUT2D eigenvalue weighted by atomic mass is 35.5. The van der Waals surface area contributed by atoms with Crippen LogP contribution in [0.25, 0.3) is 0 Å². The fourth-order valence-corrected chi connectivity index (χ4v) is 1.74. The lowest BCUT2D eigenvalue weighted by atomic mass is 10.4. The lowest BCUT2D eigenvalue weighted by Gasteiger charge is -2.22. The molecule has 1 aromatic rings. The van der Waals surface area contributed by atoms with E-state index in [9.17, 15) is 0 Å². The molecule has 1 heterocycles. The molecule has 0 saturated heterocycles. The number of hydrogen-bond acceptors (Lipinski definition) is 4. The molecule has 15 heavy (non-hydrogen) atoms. The van der Waals surface area contributed by atoms with Crippen LogP contribution in [0.1, 0.15) is 12.8 Å². The summed E-state index contributed by atoms with van der Waals surface area (Å²) in [5.41, 5.74) is 0. The van der Waals surface area contributed by atoms with E-state index in [2.05, 4.69) is 14.9 Å². The van der Waals surface area contributed by atoms with Gasteiger partial charge in [-0.2, -0.15) is 0 Å². The Morgan fingerprint density at radius 2 is 2.33 bits per heavy atom. The fourth-order valence-electron chi connectivity index (χ4n) is 1.56. The van der Waals surface area contributed by atoms with Crippen LogP contribution in [0.4, 0.5) is 5.82 Å². The molecule has 0 unspecified atom stereocenters. The predicted octanol–water partition coefficient (Wildman–Crippen LogP) is 1.69. The van der Waals surface area contributed by atoms with Crippen molar-refractivity contribution < 1.29 is 4.74 Å². The second-order valence-electron chi connectivity index (χ2n) is 3.53. The van der Waals surface area contributed by atoms with Crippen LogP contribution >= 0.6 is 11.6 Å². The van der Waals surface area contributed by atoms with Crippen molar-refractivity contribution in [1.82, 2.24) is 9.97 Å². The number of rotatable bonds is 5. The van der Waals surface area contributed by atoms with Gasteiger partial charge in [0.1, 0.15) is 12.1 Å². The summed E-state index contributed by atoms with van der Waals surface area (Å²) in [4.78, 5) is 10.5. The number of hydrogen-bond donors (Lipinski definition) is 0. The fraction of sp³-hybridized carbons (Fsp3) is 0.600. The van der Waals surface area contributed by atoms with Crippen molar-refractivity contribution in [3.05, 3.63) is 12.4 Å². The molecule has 0 spiro atoms. The molecule has 0 bridgehead atoms. The third kappa shape index (κ3) is 2.50. The predicted molar refractivity (Wildman–Crippen MR) is 59.7 cm³/mol. The Morgan fingerprint density at radius 3 is 2.93 bits per heavy atom. The van der Waals surface area contributed by atoms with Crippen LogP contribution < -0.4 is 9.64 Å². The van der Waals surface area contributed by atoms with Crippen molar-refractivity contribution in [2.24, 2.45) is 0 Å². The molecule has 5 heteroatoms. The third-order valence-electron chi connectivity index (χ3n) is 2.44. The molecule has 1 aliphatic rings. The van der Waals surface area contributed by atoms with E-state index in [4.69, 9.17) is 16.3 Å². The van der Waals surface area contributed by atoms with E-state index < -0.39 is 0 Å². The summed E-state index contributed by atoms with van der Waals surface area (Å²) in [5, 5.41) is 0. The first-order chi connectivity index (χ1) is 7.35. The summed E-state index contributed by atoms with van der Waals surface area (Å²) in [5.74, 6) is 2.12. The minimum absolute atomic E-state index is 0.597. The number of anilines is 1. The van der Waals surface area contributed by atoms with E-state index in [0.717, 1.165) is 12.4 Å². The maximum absolute atomic E-state index is 5.78. The lowest BCUT2D eigenvalue weighted by molar-refractivity contribution is 0.396. The van der Waals surface area contributed by atoms with Crippen molar-refractivity contribution in [1.29, 1.82) is 0 Å². The minimum atomic E-state index is 0.597. The number of methoxy groups -OCH3 is 1. The van der Waals surface area contributed by atoms with Gasteiger partial charge >= 0.3 is 0 Å². The lowest BCUT2D eigenvalue weighted by Crippen LogP contribution is -2.28. The zero-order valence-electron chi connectivity index (χ0n) is 8.69. The first kappa shape index (κ1) is 10.5. The monoisotopic (exact) mass is 227 g/mol. The van der Waals surface area contributed by atoms with Gasteiger partial charge in [0.2, 0.25) is 5.88 Å². The molecule has 0 N–H and O–H groups in total. The summed E-state index contributed by atoms with van der Waals surface area (Å²) in [6, 6.07) is 2.45. The first-order valence-electron chi connectivity index (χ1n) is 5.04. The number of ether oxygens (including phenoxy) is 1. The molecule has 1 fully saturated rings. The van der Waals surface area contributed by atoms with Crippen LogP contribution in [0, 0.1) is 0 Å². The molecule has 0 aliphatic heterocycles. The van der Waals surface area contributed by atoms with Crippen molar-refractivity contribution in [2.75, 3.05) is 24.4 Å². The van der Waals surface area contributed by atoms with Gasteiger partial charge in [0.15, 0.2) is 0 Å². The molecule has 0 amide bonds. The van der Waals surface area contributed by atoms with E-state index in [0.29, 0.717) is 17.8 Å². The van der Waals surface area contributed by atoms with Crippen molar-refractivity contribution in [3.8, 4) is 5.88 Å². The van der Waals surface area contributed by atoms with Crippen molar-refractivity contribution >= 4 is 17.4 Å². The molecular weight excluding hydrogens is 214 g/mol. The number of nitrogens with zero attached hydrogens (tertiary/aromatic N) is 3. The van der Waals surface area contributed by atoms with E-state index in [1.807, 2.05) is 6.07 Å². The Hall–Kier alpha value is -1.03. The summed E-state index contributed by atoms with van der Waals surface area (Å²) < 4.78 is 5.07. The van der Waals surface area contributed by atoms with E-state index in [1.165, 1.54) is 19.2 Å². The first-order valence-corrected chi connectivity index (χ1v) is 5.57. The van der Waals surface area contributed by atoms with Crippen LogP contribution in [-0.4, -0.2) is 35.5 Å². The Balaban J connectivity index is 2.16. The van der Waals surface area contributed by atoms with Gasteiger partial charge in [0.25, 0.3) is 0 Å². The summed E-state index contributed by atoms with van der Waals surface area (Å²) >= 11 is 5.78. The standard InChI is InChI=1S/C10H14ClN3O/c1-15-10-6-9(12-7-13-10)14(5-4-11)8-2-3-8/h6-8H,2-5H2,1H3. The zero-order chi connectivity index (χ0) is 10.7. The Labute approximate surface area is 94.2 Å². The topological polar surface area (TPSA) is 38.2 Å². The minimum Gasteiger partial charge on any atom is -0.481 e. The Bertz CT molecular complexity index is 330. The van der Waals surface area contributed by atoms with E-state index in [-0.39, 0.29) is 0 Å². The van der Waals surface area contributed by atoms with Crippen molar-refractivity contribution in [3.63, 3.8) is 0 Å².